The van der Waals surface area contributed by atoms with Crippen molar-refractivity contribution in [3.63, 3.8) is 0 Å². The molecule has 3 heterocycles. The third-order valence-electron chi connectivity index (χ3n) is 4.54. The van der Waals surface area contributed by atoms with Gasteiger partial charge in [-0.3, -0.25) is 9.59 Å². The summed E-state index contributed by atoms with van der Waals surface area (Å²) in [5.41, 5.74) is 3.35. The van der Waals surface area contributed by atoms with Crippen LogP contribution in [-0.2, 0) is 31.9 Å². The van der Waals surface area contributed by atoms with Crippen molar-refractivity contribution in [3.05, 3.63) is 40.7 Å². The quantitative estimate of drug-likeness (QED) is 0.753. The Bertz CT molecular complexity index is 864. The van der Waals surface area contributed by atoms with E-state index < -0.39 is 5.97 Å². The van der Waals surface area contributed by atoms with Crippen LogP contribution < -0.4 is 0 Å². The molecule has 0 amide bonds. The normalized spacial score (nSPS) is 15.4. The van der Waals surface area contributed by atoms with Crippen molar-refractivity contribution >= 4 is 23.2 Å². The van der Waals surface area contributed by atoms with Crippen LogP contribution in [0.3, 0.4) is 0 Å². The number of ether oxygens (including phenoxy) is 2. The molecule has 1 aliphatic rings. The third-order valence-corrected chi connectivity index (χ3v) is 4.54. The van der Waals surface area contributed by atoms with Crippen molar-refractivity contribution < 1.29 is 23.9 Å². The summed E-state index contributed by atoms with van der Waals surface area (Å²) in [7, 11) is 0. The third kappa shape index (κ3) is 2.81. The summed E-state index contributed by atoms with van der Waals surface area (Å²) in [6.07, 6.45) is 0.437. The first-order chi connectivity index (χ1) is 12.0. The summed E-state index contributed by atoms with van der Waals surface area (Å²) in [5, 5.41) is 0. The lowest BCUT2D eigenvalue weighted by Crippen LogP contribution is -2.15. The Morgan fingerprint density at radius 2 is 1.88 bits per heavy atom. The lowest BCUT2D eigenvalue weighted by molar-refractivity contribution is -0.142. The molecule has 0 bridgehead atoms. The Morgan fingerprint density at radius 3 is 2.52 bits per heavy atom. The molecule has 0 radical (unpaired) electrons. The fraction of sp³-hybridized carbons (Fsp3) is 0.421. The van der Waals surface area contributed by atoms with Crippen molar-refractivity contribution in [2.75, 3.05) is 13.2 Å². The first-order valence-corrected chi connectivity index (χ1v) is 8.47. The number of esters is 2. The minimum atomic E-state index is -0.462. The number of pyridine rings is 1. The summed E-state index contributed by atoms with van der Waals surface area (Å²) in [6.45, 7) is 5.56. The van der Waals surface area contributed by atoms with Crippen LogP contribution in [0.15, 0.2) is 18.2 Å². The lowest BCUT2D eigenvalue weighted by atomic mass is 9.94. The zero-order chi connectivity index (χ0) is 18.1. The van der Waals surface area contributed by atoms with Crippen molar-refractivity contribution in [3.8, 4) is 0 Å². The van der Waals surface area contributed by atoms with Gasteiger partial charge in [-0.2, -0.15) is 0 Å². The molecule has 1 aliphatic heterocycles. The van der Waals surface area contributed by atoms with Crippen LogP contribution in [0, 0.1) is 0 Å². The van der Waals surface area contributed by atoms with Crippen LogP contribution in [-0.4, -0.2) is 35.3 Å². The summed E-state index contributed by atoms with van der Waals surface area (Å²) in [5.74, 6) is -1.07. The van der Waals surface area contributed by atoms with E-state index in [4.69, 9.17) is 9.47 Å². The van der Waals surface area contributed by atoms with Crippen molar-refractivity contribution in [2.24, 2.45) is 0 Å². The number of nitrogens with zero attached hydrogens (tertiary/aromatic N) is 1. The molecule has 2 aromatic rings. The zero-order valence-corrected chi connectivity index (χ0v) is 14.6. The fourth-order valence-electron chi connectivity index (χ4n) is 3.57. The van der Waals surface area contributed by atoms with E-state index in [2.05, 4.69) is 0 Å². The summed E-state index contributed by atoms with van der Waals surface area (Å²) < 4.78 is 12.2. The van der Waals surface area contributed by atoms with E-state index in [0.717, 1.165) is 16.9 Å². The van der Waals surface area contributed by atoms with Gasteiger partial charge in [-0.15, -0.1) is 0 Å². The largest absolute Gasteiger partial charge is 0.466 e. The number of hydrogen-bond donors (Lipinski definition) is 0. The van der Waals surface area contributed by atoms with Crippen LogP contribution >= 0.6 is 0 Å². The SMILES string of the molecule is CCOC(=O)Cc1c(C(=O)OCC)c2n3c(cccc13)C(C(C)=O)C2. The van der Waals surface area contributed by atoms with Crippen LogP contribution in [0.4, 0.5) is 0 Å². The predicted molar refractivity (Wildman–Crippen MR) is 90.8 cm³/mol. The fourth-order valence-corrected chi connectivity index (χ4v) is 3.57. The maximum atomic E-state index is 12.6. The average Bonchev–Trinajstić information content (AvgIpc) is 3.08. The average molecular weight is 343 g/mol. The minimum absolute atomic E-state index is 0.000318. The Hall–Kier alpha value is -2.63. The molecule has 0 aromatic carbocycles. The van der Waals surface area contributed by atoms with Gasteiger partial charge in [0.05, 0.1) is 36.6 Å². The zero-order valence-electron chi connectivity index (χ0n) is 14.6. The van der Waals surface area contributed by atoms with Gasteiger partial charge in [0, 0.05) is 23.4 Å². The van der Waals surface area contributed by atoms with Gasteiger partial charge in [0.2, 0.25) is 0 Å². The van der Waals surface area contributed by atoms with Gasteiger partial charge in [-0.25, -0.2) is 4.79 Å². The predicted octanol–water partition coefficient (Wildman–Crippen LogP) is 2.45. The molecule has 0 saturated carbocycles. The molecular weight excluding hydrogens is 322 g/mol. The topological polar surface area (TPSA) is 74.1 Å². The van der Waals surface area contributed by atoms with E-state index in [9.17, 15) is 14.4 Å². The number of rotatable bonds is 6. The van der Waals surface area contributed by atoms with E-state index in [-0.39, 0.29) is 37.3 Å². The van der Waals surface area contributed by atoms with Gasteiger partial charge in [0.1, 0.15) is 5.78 Å². The number of carbonyl (C=O) groups excluding carboxylic acids is 3. The highest BCUT2D eigenvalue weighted by Crippen LogP contribution is 2.38. The lowest BCUT2D eigenvalue weighted by Gasteiger charge is -2.10. The van der Waals surface area contributed by atoms with Crippen LogP contribution in [0.25, 0.3) is 5.52 Å². The van der Waals surface area contributed by atoms with Gasteiger partial charge < -0.3 is 13.9 Å². The van der Waals surface area contributed by atoms with Crippen molar-refractivity contribution in [2.45, 2.75) is 39.5 Å². The Kier molecular flexibility index (Phi) is 4.61. The summed E-state index contributed by atoms with van der Waals surface area (Å²) >= 11 is 0. The number of carbonyl (C=O) groups is 3. The molecule has 6 nitrogen and oxygen atoms in total. The Balaban J connectivity index is 2.20. The van der Waals surface area contributed by atoms with Crippen molar-refractivity contribution in [1.29, 1.82) is 0 Å². The maximum absolute atomic E-state index is 12.6. The number of ketones is 1. The second-order valence-corrected chi connectivity index (χ2v) is 6.04. The van der Waals surface area contributed by atoms with Gasteiger partial charge >= 0.3 is 11.9 Å². The molecule has 0 fully saturated rings. The molecule has 1 unspecified atom stereocenters. The molecule has 1 atom stereocenters. The second-order valence-electron chi connectivity index (χ2n) is 6.04. The second kappa shape index (κ2) is 6.70. The van der Waals surface area contributed by atoms with Gasteiger partial charge in [-0.1, -0.05) is 6.07 Å². The first-order valence-electron chi connectivity index (χ1n) is 8.47. The molecule has 0 N–H and O–H groups in total. The Morgan fingerprint density at radius 1 is 1.16 bits per heavy atom. The number of aromatic nitrogens is 1. The smallest absolute Gasteiger partial charge is 0.340 e. The molecular formula is C19H21NO5. The number of Topliss-reactive ketones (excluding diaryl/α,β-unsaturated/α-hetero) is 1. The highest BCUT2D eigenvalue weighted by atomic mass is 16.5. The van der Waals surface area contributed by atoms with Crippen LogP contribution in [0.1, 0.15) is 54.0 Å². The molecule has 132 valence electrons. The highest BCUT2D eigenvalue weighted by molar-refractivity contribution is 5.99. The molecule has 0 spiro atoms. The monoisotopic (exact) mass is 343 g/mol. The van der Waals surface area contributed by atoms with Gasteiger partial charge in [0.15, 0.2) is 0 Å². The molecule has 0 aliphatic carbocycles. The van der Waals surface area contributed by atoms with E-state index in [1.165, 1.54) is 0 Å². The molecule has 2 aromatic heterocycles. The summed E-state index contributed by atoms with van der Waals surface area (Å²) in [6, 6.07) is 5.59. The molecule has 0 saturated heterocycles. The molecule has 3 rings (SSSR count). The van der Waals surface area contributed by atoms with Crippen LogP contribution in [0.2, 0.25) is 0 Å². The van der Waals surface area contributed by atoms with Gasteiger partial charge in [-0.05, 0) is 32.9 Å². The van der Waals surface area contributed by atoms with E-state index in [0.29, 0.717) is 17.5 Å². The van der Waals surface area contributed by atoms with E-state index in [1.54, 1.807) is 20.8 Å². The van der Waals surface area contributed by atoms with Crippen LogP contribution in [0.5, 0.6) is 0 Å². The van der Waals surface area contributed by atoms with E-state index in [1.807, 2.05) is 22.6 Å². The summed E-state index contributed by atoms with van der Waals surface area (Å²) in [4.78, 5) is 36.6. The Labute approximate surface area is 145 Å². The van der Waals surface area contributed by atoms with Gasteiger partial charge in [0.25, 0.3) is 0 Å². The highest BCUT2D eigenvalue weighted by Gasteiger charge is 2.35. The van der Waals surface area contributed by atoms with E-state index >= 15 is 0 Å². The minimum Gasteiger partial charge on any atom is -0.466 e. The maximum Gasteiger partial charge on any atom is 0.340 e. The number of hydrogen-bond acceptors (Lipinski definition) is 5. The first kappa shape index (κ1) is 17.2. The molecule has 25 heavy (non-hydrogen) atoms. The van der Waals surface area contributed by atoms with Crippen molar-refractivity contribution in [1.82, 2.24) is 4.40 Å². The standard InChI is InChI=1S/C19H21NO5/c1-4-24-17(22)10-13-15-8-6-7-14-12(11(3)21)9-16(20(14)15)18(13)19(23)25-5-2/h6-8,12H,4-5,9-10H2,1-3H3. The molecule has 6 heteroatoms.